The first kappa shape index (κ1) is 17.3. The van der Waals surface area contributed by atoms with Gasteiger partial charge in [-0.3, -0.25) is 4.79 Å². The summed E-state index contributed by atoms with van der Waals surface area (Å²) < 4.78 is 7.01. The average molecular weight is 367 g/mol. The smallest absolute Gasteiger partial charge is 0.220 e. The molecule has 0 bridgehead atoms. The van der Waals surface area contributed by atoms with E-state index in [9.17, 15) is 4.79 Å². The average Bonchev–Trinajstić information content (AvgIpc) is 3.30. The van der Waals surface area contributed by atoms with E-state index in [1.165, 1.54) is 0 Å². The Morgan fingerprint density at radius 2 is 2.19 bits per heavy atom. The van der Waals surface area contributed by atoms with Crippen LogP contribution in [0.15, 0.2) is 24.5 Å². The van der Waals surface area contributed by atoms with E-state index in [1.807, 2.05) is 19.1 Å². The van der Waals surface area contributed by atoms with Crippen LogP contribution >= 0.6 is 0 Å². The van der Waals surface area contributed by atoms with Crippen LogP contribution in [0, 0.1) is 11.8 Å². The van der Waals surface area contributed by atoms with E-state index in [0.717, 1.165) is 19.3 Å². The third kappa shape index (κ3) is 3.57. The van der Waals surface area contributed by atoms with E-state index < -0.39 is 0 Å². The second-order valence-electron chi connectivity index (χ2n) is 6.76. The standard InChI is InChI=1S/C18H21N7O2/c1-2-27-13-5-6-16(21-9-13)25-18-14(23-24-25)10-20-15(22-18)8-11-3-4-12(7-11)17(19)26/h5-6,9-12H,2-4,7-8H2,1H3,(H2,19,26)/t11-,12-/m1/s1. The largest absolute Gasteiger partial charge is 0.492 e. The summed E-state index contributed by atoms with van der Waals surface area (Å²) in [6, 6.07) is 3.65. The number of nitrogens with two attached hydrogens (primary N) is 1. The minimum atomic E-state index is -0.210. The highest BCUT2D eigenvalue weighted by Gasteiger charge is 2.29. The van der Waals surface area contributed by atoms with Gasteiger partial charge in [-0.2, -0.15) is 4.68 Å². The summed E-state index contributed by atoms with van der Waals surface area (Å²) in [6.45, 7) is 2.51. The van der Waals surface area contributed by atoms with Crippen molar-refractivity contribution in [3.05, 3.63) is 30.4 Å². The lowest BCUT2D eigenvalue weighted by atomic mass is 10.0. The van der Waals surface area contributed by atoms with Crippen molar-refractivity contribution in [2.45, 2.75) is 32.6 Å². The van der Waals surface area contributed by atoms with Gasteiger partial charge < -0.3 is 10.5 Å². The molecule has 27 heavy (non-hydrogen) atoms. The van der Waals surface area contributed by atoms with E-state index in [1.54, 1.807) is 17.1 Å². The third-order valence-electron chi connectivity index (χ3n) is 4.91. The first-order valence-corrected chi connectivity index (χ1v) is 9.10. The Labute approximate surface area is 156 Å². The van der Waals surface area contributed by atoms with Crippen molar-refractivity contribution < 1.29 is 9.53 Å². The van der Waals surface area contributed by atoms with Gasteiger partial charge in [-0.15, -0.1) is 5.10 Å². The Bertz CT molecular complexity index is 954. The molecule has 0 spiro atoms. The van der Waals surface area contributed by atoms with Crippen LogP contribution in [0.5, 0.6) is 5.75 Å². The van der Waals surface area contributed by atoms with Crippen molar-refractivity contribution >= 4 is 17.1 Å². The van der Waals surface area contributed by atoms with Crippen molar-refractivity contribution in [2.75, 3.05) is 6.61 Å². The molecule has 9 nitrogen and oxygen atoms in total. The van der Waals surface area contributed by atoms with Gasteiger partial charge in [0.15, 0.2) is 17.0 Å². The summed E-state index contributed by atoms with van der Waals surface area (Å²) in [5, 5.41) is 8.27. The fourth-order valence-electron chi connectivity index (χ4n) is 3.54. The molecular weight excluding hydrogens is 346 g/mol. The molecule has 1 fully saturated rings. The molecule has 0 unspecified atom stereocenters. The molecule has 0 saturated heterocycles. The number of amides is 1. The molecule has 1 aliphatic carbocycles. The van der Waals surface area contributed by atoms with Crippen molar-refractivity contribution in [2.24, 2.45) is 17.6 Å². The molecular formula is C18H21N7O2. The van der Waals surface area contributed by atoms with Crippen molar-refractivity contribution in [1.82, 2.24) is 29.9 Å². The monoisotopic (exact) mass is 367 g/mol. The van der Waals surface area contributed by atoms with Crippen LogP contribution in [0.25, 0.3) is 17.0 Å². The number of carbonyl (C=O) groups excluding carboxylic acids is 1. The minimum absolute atomic E-state index is 0.0287. The third-order valence-corrected chi connectivity index (χ3v) is 4.91. The van der Waals surface area contributed by atoms with Gasteiger partial charge in [-0.1, -0.05) is 5.21 Å². The number of nitrogens with zero attached hydrogens (tertiary/aromatic N) is 6. The Kier molecular flexibility index (Phi) is 4.66. The lowest BCUT2D eigenvalue weighted by Gasteiger charge is -2.08. The molecule has 2 N–H and O–H groups in total. The molecule has 3 aromatic heterocycles. The first-order valence-electron chi connectivity index (χ1n) is 9.10. The van der Waals surface area contributed by atoms with Crippen LogP contribution in [0.1, 0.15) is 32.0 Å². The van der Waals surface area contributed by atoms with Crippen molar-refractivity contribution in [3.8, 4) is 11.6 Å². The zero-order valence-corrected chi connectivity index (χ0v) is 15.1. The molecule has 2 atom stereocenters. The SMILES string of the molecule is CCOc1ccc(-n2nnc3cnc(C[C@@H]4CC[C@@H](C(N)=O)C4)nc32)nc1. The molecule has 1 saturated carbocycles. The Balaban J connectivity index is 1.57. The quantitative estimate of drug-likeness (QED) is 0.699. The number of pyridine rings is 1. The molecule has 1 amide bonds. The van der Waals surface area contributed by atoms with E-state index in [4.69, 9.17) is 10.5 Å². The zero-order valence-electron chi connectivity index (χ0n) is 15.1. The van der Waals surface area contributed by atoms with Crippen LogP contribution < -0.4 is 10.5 Å². The molecule has 1 aliphatic rings. The van der Waals surface area contributed by atoms with Gasteiger partial charge in [0.25, 0.3) is 0 Å². The van der Waals surface area contributed by atoms with Gasteiger partial charge >= 0.3 is 0 Å². The number of rotatable bonds is 6. The maximum Gasteiger partial charge on any atom is 0.220 e. The Morgan fingerprint density at radius 3 is 2.89 bits per heavy atom. The van der Waals surface area contributed by atoms with E-state index >= 15 is 0 Å². The van der Waals surface area contributed by atoms with Crippen LogP contribution in [0.4, 0.5) is 0 Å². The maximum atomic E-state index is 11.4. The topological polar surface area (TPSA) is 122 Å². The summed E-state index contributed by atoms with van der Waals surface area (Å²) in [5.74, 6) is 2.16. The van der Waals surface area contributed by atoms with Crippen LogP contribution in [-0.4, -0.2) is 42.5 Å². The summed E-state index contributed by atoms with van der Waals surface area (Å²) in [4.78, 5) is 24.8. The number of primary amides is 1. The maximum absolute atomic E-state index is 11.4. The van der Waals surface area contributed by atoms with Gasteiger partial charge in [-0.05, 0) is 44.2 Å². The number of hydrogen-bond donors (Lipinski definition) is 1. The number of ether oxygens (including phenoxy) is 1. The second kappa shape index (κ2) is 7.26. The predicted molar refractivity (Wildman–Crippen MR) is 97.1 cm³/mol. The molecule has 0 radical (unpaired) electrons. The summed E-state index contributed by atoms with van der Waals surface area (Å²) in [5.41, 5.74) is 6.64. The van der Waals surface area contributed by atoms with Gasteiger partial charge in [0, 0.05) is 12.3 Å². The van der Waals surface area contributed by atoms with Crippen LogP contribution in [-0.2, 0) is 11.2 Å². The van der Waals surface area contributed by atoms with E-state index in [-0.39, 0.29) is 11.8 Å². The van der Waals surface area contributed by atoms with E-state index in [0.29, 0.717) is 47.5 Å². The molecule has 4 rings (SSSR count). The number of carbonyl (C=O) groups is 1. The van der Waals surface area contributed by atoms with Gasteiger partial charge in [0.1, 0.15) is 11.6 Å². The van der Waals surface area contributed by atoms with Gasteiger partial charge in [-0.25, -0.2) is 15.0 Å². The summed E-state index contributed by atoms with van der Waals surface area (Å²) in [6.07, 6.45) is 6.65. The summed E-state index contributed by atoms with van der Waals surface area (Å²) in [7, 11) is 0. The highest BCUT2D eigenvalue weighted by atomic mass is 16.5. The number of aromatic nitrogens is 6. The molecule has 3 aromatic rings. The molecule has 0 aromatic carbocycles. The lowest BCUT2D eigenvalue weighted by molar-refractivity contribution is -0.121. The van der Waals surface area contributed by atoms with Crippen LogP contribution in [0.2, 0.25) is 0 Å². The van der Waals surface area contributed by atoms with Gasteiger partial charge in [0.05, 0.1) is 19.0 Å². The fraction of sp³-hybridized carbons (Fsp3) is 0.444. The molecule has 0 aliphatic heterocycles. The zero-order chi connectivity index (χ0) is 18.8. The van der Waals surface area contributed by atoms with Crippen molar-refractivity contribution in [1.29, 1.82) is 0 Å². The Morgan fingerprint density at radius 1 is 1.30 bits per heavy atom. The van der Waals surface area contributed by atoms with Crippen LogP contribution in [0.3, 0.4) is 0 Å². The van der Waals surface area contributed by atoms with Gasteiger partial charge in [0.2, 0.25) is 5.91 Å². The predicted octanol–water partition coefficient (Wildman–Crippen LogP) is 1.45. The molecule has 9 heteroatoms. The first-order chi connectivity index (χ1) is 13.1. The number of hydrogen-bond acceptors (Lipinski definition) is 7. The normalized spacial score (nSPS) is 19.4. The Hall–Kier alpha value is -3.10. The van der Waals surface area contributed by atoms with Crippen molar-refractivity contribution in [3.63, 3.8) is 0 Å². The van der Waals surface area contributed by atoms with E-state index in [2.05, 4.69) is 25.3 Å². The molecule has 140 valence electrons. The second-order valence-corrected chi connectivity index (χ2v) is 6.76. The lowest BCUT2D eigenvalue weighted by Crippen LogP contribution is -2.21. The highest BCUT2D eigenvalue weighted by molar-refractivity contribution is 5.76. The molecule has 3 heterocycles. The fourth-order valence-corrected chi connectivity index (χ4v) is 3.54. The minimum Gasteiger partial charge on any atom is -0.492 e. The summed E-state index contributed by atoms with van der Waals surface area (Å²) >= 11 is 0. The highest BCUT2D eigenvalue weighted by Crippen LogP contribution is 2.32. The number of fused-ring (bicyclic) bond motifs is 1.